The normalized spacial score (nSPS) is 21.5. The first-order valence-corrected chi connectivity index (χ1v) is 20.4. The molecule has 4 N–H and O–H groups in total. The van der Waals surface area contributed by atoms with Gasteiger partial charge in [-0.05, 0) is 70.6 Å². The molecule has 1 aliphatic rings. The van der Waals surface area contributed by atoms with Gasteiger partial charge in [0.15, 0.2) is 12.4 Å². The molecule has 0 saturated carbocycles. The predicted octanol–water partition coefficient (Wildman–Crippen LogP) is 7.88. The number of aliphatic hydroxyl groups is 4. The Labute approximate surface area is 320 Å². The molecule has 0 aromatic rings. The SMILES string of the molecule is CCCC/C=C/CCCCCCCC(=O)OC[C@H](CO[C@@H]1O[C@H](CO)[C@H](O)C(O)C1O)OC(=O)CCC/C=C/C/C=C/C/C=C/C/C=C/CCCCC. The molecule has 304 valence electrons. The van der Waals surface area contributed by atoms with E-state index in [9.17, 15) is 30.0 Å². The number of esters is 2. The van der Waals surface area contributed by atoms with Gasteiger partial charge < -0.3 is 39.4 Å². The van der Waals surface area contributed by atoms with Crippen molar-refractivity contribution in [2.24, 2.45) is 0 Å². The van der Waals surface area contributed by atoms with Crippen LogP contribution in [0, 0.1) is 0 Å². The quantitative estimate of drug-likeness (QED) is 0.0304. The van der Waals surface area contributed by atoms with Crippen molar-refractivity contribution in [3.8, 4) is 0 Å². The molecule has 0 amide bonds. The summed E-state index contributed by atoms with van der Waals surface area (Å²) in [6.45, 7) is 3.26. The topological polar surface area (TPSA) is 152 Å². The van der Waals surface area contributed by atoms with Crippen molar-refractivity contribution in [3.05, 3.63) is 60.8 Å². The number of unbranched alkanes of at least 4 members (excludes halogenated alkanes) is 11. The molecular formula is C43H72O10. The van der Waals surface area contributed by atoms with Gasteiger partial charge in [0.05, 0.1) is 13.2 Å². The molecule has 10 heteroatoms. The molecule has 0 radical (unpaired) electrons. The Morgan fingerprint density at radius 2 is 1.09 bits per heavy atom. The molecule has 0 spiro atoms. The lowest BCUT2D eigenvalue weighted by atomic mass is 9.99. The number of rotatable bonds is 32. The molecule has 6 atom stereocenters. The van der Waals surface area contributed by atoms with Crippen LogP contribution in [0.5, 0.6) is 0 Å². The third-order valence-corrected chi connectivity index (χ3v) is 8.88. The molecule has 0 aromatic carbocycles. The highest BCUT2D eigenvalue weighted by molar-refractivity contribution is 5.70. The summed E-state index contributed by atoms with van der Waals surface area (Å²) < 4.78 is 22.0. The van der Waals surface area contributed by atoms with Gasteiger partial charge in [0, 0.05) is 12.8 Å². The maximum absolute atomic E-state index is 12.7. The summed E-state index contributed by atoms with van der Waals surface area (Å²) in [4.78, 5) is 25.2. The number of hydrogen-bond acceptors (Lipinski definition) is 10. The van der Waals surface area contributed by atoms with Gasteiger partial charge in [-0.1, -0.05) is 120 Å². The molecule has 1 saturated heterocycles. The maximum Gasteiger partial charge on any atom is 0.306 e. The van der Waals surface area contributed by atoms with Gasteiger partial charge in [-0.2, -0.15) is 0 Å². The molecule has 10 nitrogen and oxygen atoms in total. The summed E-state index contributed by atoms with van der Waals surface area (Å²) in [7, 11) is 0. The predicted molar refractivity (Wildman–Crippen MR) is 210 cm³/mol. The first-order chi connectivity index (χ1) is 25.8. The average Bonchev–Trinajstić information content (AvgIpc) is 3.15. The van der Waals surface area contributed by atoms with E-state index in [-0.39, 0.29) is 26.1 Å². The highest BCUT2D eigenvalue weighted by Gasteiger charge is 2.44. The molecule has 0 bridgehead atoms. The lowest BCUT2D eigenvalue weighted by molar-refractivity contribution is -0.305. The first kappa shape index (κ1) is 48.4. The minimum Gasteiger partial charge on any atom is -0.462 e. The summed E-state index contributed by atoms with van der Waals surface area (Å²) in [5.74, 6) is -0.891. The average molecular weight is 749 g/mol. The van der Waals surface area contributed by atoms with Gasteiger partial charge in [0.2, 0.25) is 0 Å². The highest BCUT2D eigenvalue weighted by atomic mass is 16.7. The summed E-state index contributed by atoms with van der Waals surface area (Å²) in [5, 5.41) is 39.9. The van der Waals surface area contributed by atoms with Gasteiger partial charge in [-0.15, -0.1) is 0 Å². The third-order valence-electron chi connectivity index (χ3n) is 8.88. The Hall–Kier alpha value is -2.60. The van der Waals surface area contributed by atoms with Crippen LogP contribution in [0.3, 0.4) is 0 Å². The van der Waals surface area contributed by atoms with Crippen LogP contribution in [-0.2, 0) is 28.5 Å². The summed E-state index contributed by atoms with van der Waals surface area (Å²) in [5.41, 5.74) is 0. The van der Waals surface area contributed by atoms with Crippen molar-refractivity contribution >= 4 is 11.9 Å². The highest BCUT2D eigenvalue weighted by Crippen LogP contribution is 2.22. The minimum atomic E-state index is -1.61. The molecule has 1 heterocycles. The molecule has 1 fully saturated rings. The van der Waals surface area contributed by atoms with Crippen LogP contribution >= 0.6 is 0 Å². The van der Waals surface area contributed by atoms with Crippen molar-refractivity contribution in [1.29, 1.82) is 0 Å². The monoisotopic (exact) mass is 749 g/mol. The minimum absolute atomic E-state index is 0.150. The Bertz CT molecular complexity index is 1050. The van der Waals surface area contributed by atoms with Crippen molar-refractivity contribution in [3.63, 3.8) is 0 Å². The van der Waals surface area contributed by atoms with E-state index in [1.54, 1.807) is 0 Å². The lowest BCUT2D eigenvalue weighted by Crippen LogP contribution is -2.59. The van der Waals surface area contributed by atoms with Crippen LogP contribution < -0.4 is 0 Å². The van der Waals surface area contributed by atoms with E-state index in [0.29, 0.717) is 19.3 Å². The van der Waals surface area contributed by atoms with Gasteiger partial charge in [0.1, 0.15) is 31.0 Å². The van der Waals surface area contributed by atoms with Crippen molar-refractivity contribution < 1.29 is 49.0 Å². The fourth-order valence-corrected chi connectivity index (χ4v) is 5.57. The Kier molecular flexibility index (Phi) is 31.0. The summed E-state index contributed by atoms with van der Waals surface area (Å²) in [6.07, 6.45) is 32.4. The van der Waals surface area contributed by atoms with Crippen molar-refractivity contribution in [2.75, 3.05) is 19.8 Å². The summed E-state index contributed by atoms with van der Waals surface area (Å²) in [6, 6.07) is 0. The molecule has 0 aliphatic carbocycles. The molecule has 1 aliphatic heterocycles. The van der Waals surface area contributed by atoms with E-state index in [2.05, 4.69) is 68.5 Å². The standard InChI is InChI=1S/C43H72O10/c1-3-5-7-9-11-13-15-16-17-18-19-20-22-24-26-28-30-32-39(46)52-36(35-51-43-42(49)41(48)40(47)37(33-44)53-43)34-50-38(45)31-29-27-25-23-21-14-12-10-8-6-4-2/h10-13,16-17,19-20,24,26,36-37,40-44,47-49H,3-9,14-15,18,21-23,25,27-35H2,1-2H3/b12-10+,13-11+,17-16+,20-19+,26-24+/t36-,37-,40+,41?,42?,43-/m1/s1. The largest absolute Gasteiger partial charge is 0.462 e. The van der Waals surface area contributed by atoms with Crippen LogP contribution in [0.4, 0.5) is 0 Å². The first-order valence-electron chi connectivity index (χ1n) is 20.4. The second-order valence-corrected chi connectivity index (χ2v) is 13.7. The van der Waals surface area contributed by atoms with E-state index in [4.69, 9.17) is 18.9 Å². The maximum atomic E-state index is 12.7. The molecule has 0 aromatic heterocycles. The Balaban J connectivity index is 2.44. The number of carbonyl (C=O) groups excluding carboxylic acids is 2. The van der Waals surface area contributed by atoms with E-state index < -0.39 is 55.4 Å². The molecule has 2 unspecified atom stereocenters. The van der Waals surface area contributed by atoms with Gasteiger partial charge in [-0.25, -0.2) is 0 Å². The van der Waals surface area contributed by atoms with Crippen LogP contribution in [0.25, 0.3) is 0 Å². The zero-order chi connectivity index (χ0) is 38.8. The number of hydrogen-bond donors (Lipinski definition) is 4. The van der Waals surface area contributed by atoms with Crippen molar-refractivity contribution in [1.82, 2.24) is 0 Å². The second kappa shape index (κ2) is 33.9. The number of ether oxygens (including phenoxy) is 4. The van der Waals surface area contributed by atoms with E-state index in [1.165, 1.54) is 32.1 Å². The fourth-order valence-electron chi connectivity index (χ4n) is 5.57. The van der Waals surface area contributed by atoms with Crippen molar-refractivity contribution in [2.45, 2.75) is 179 Å². The van der Waals surface area contributed by atoms with E-state index >= 15 is 0 Å². The third kappa shape index (κ3) is 25.9. The van der Waals surface area contributed by atoms with Gasteiger partial charge in [-0.3, -0.25) is 9.59 Å². The van der Waals surface area contributed by atoms with Crippen LogP contribution in [0.1, 0.15) is 142 Å². The van der Waals surface area contributed by atoms with Crippen LogP contribution in [0.2, 0.25) is 0 Å². The number of carbonyl (C=O) groups is 2. The fraction of sp³-hybridized carbons (Fsp3) is 0.721. The summed E-state index contributed by atoms with van der Waals surface area (Å²) >= 11 is 0. The Morgan fingerprint density at radius 1 is 0.585 bits per heavy atom. The lowest BCUT2D eigenvalue weighted by Gasteiger charge is -2.39. The van der Waals surface area contributed by atoms with Crippen LogP contribution in [-0.4, -0.2) is 89.0 Å². The van der Waals surface area contributed by atoms with Gasteiger partial charge >= 0.3 is 11.9 Å². The zero-order valence-electron chi connectivity index (χ0n) is 32.7. The zero-order valence-corrected chi connectivity index (χ0v) is 32.7. The number of allylic oxidation sites excluding steroid dienone is 10. The van der Waals surface area contributed by atoms with Gasteiger partial charge in [0.25, 0.3) is 0 Å². The van der Waals surface area contributed by atoms with E-state index in [0.717, 1.165) is 64.2 Å². The molecule has 53 heavy (non-hydrogen) atoms. The number of aliphatic hydroxyl groups excluding tert-OH is 4. The van der Waals surface area contributed by atoms with E-state index in [1.807, 2.05) is 6.08 Å². The van der Waals surface area contributed by atoms with Crippen LogP contribution in [0.15, 0.2) is 60.8 Å². The Morgan fingerprint density at radius 3 is 1.72 bits per heavy atom. The molecule has 1 rings (SSSR count). The molecular weight excluding hydrogens is 676 g/mol. The second-order valence-electron chi connectivity index (χ2n) is 13.7. The smallest absolute Gasteiger partial charge is 0.306 e.